The zero-order chi connectivity index (χ0) is 15.1. The van der Waals surface area contributed by atoms with Crippen LogP contribution in [0, 0.1) is 5.92 Å². The Kier molecular flexibility index (Phi) is 6.03. The van der Waals surface area contributed by atoms with Crippen LogP contribution < -0.4 is 0 Å². The van der Waals surface area contributed by atoms with Crippen LogP contribution >= 0.6 is 0 Å². The first-order valence-electron chi connectivity index (χ1n) is 6.38. The van der Waals surface area contributed by atoms with Crippen LogP contribution in [0.5, 0.6) is 0 Å². The molecule has 2 N–H and O–H groups in total. The van der Waals surface area contributed by atoms with Crippen LogP contribution in [0.4, 0.5) is 4.39 Å². The van der Waals surface area contributed by atoms with Crippen LogP contribution in [-0.2, 0) is 4.74 Å². The van der Waals surface area contributed by atoms with Gasteiger partial charge in [0.05, 0.1) is 23.7 Å². The number of aliphatic hydroxyl groups is 2. The molecular weight excluding hydrogens is 261 g/mol. The molecule has 5 heteroatoms. The molecule has 0 bridgehead atoms. The minimum atomic E-state index is -0.408. The maximum atomic E-state index is 13.3. The number of ether oxygens (including phenoxy) is 1. The van der Waals surface area contributed by atoms with Gasteiger partial charge in [-0.1, -0.05) is 0 Å². The Balaban J connectivity index is 2.58. The van der Waals surface area contributed by atoms with Crippen molar-refractivity contribution in [2.75, 3.05) is 6.61 Å². The second kappa shape index (κ2) is 7.53. The van der Waals surface area contributed by atoms with Gasteiger partial charge in [-0.05, 0) is 44.6 Å². The Labute approximate surface area is 118 Å². The first kappa shape index (κ1) is 16.0. The lowest BCUT2D eigenvalue weighted by molar-refractivity contribution is 0.143. The Hall–Kier alpha value is -2.04. The fraction of sp³-hybridized carbons (Fsp3) is 0.400. The lowest BCUT2D eigenvalue weighted by Gasteiger charge is -2.19. The van der Waals surface area contributed by atoms with E-state index in [0.29, 0.717) is 12.0 Å². The molecule has 110 valence electrons. The third-order valence-electron chi connectivity index (χ3n) is 2.78. The van der Waals surface area contributed by atoms with Crippen molar-refractivity contribution in [3.8, 4) is 0 Å². The van der Waals surface area contributed by atoms with E-state index < -0.39 is 5.83 Å². The summed E-state index contributed by atoms with van der Waals surface area (Å²) < 4.78 is 18.7. The first-order valence-corrected chi connectivity index (χ1v) is 6.38. The second-order valence-electron chi connectivity index (χ2n) is 4.69. The van der Waals surface area contributed by atoms with Crippen molar-refractivity contribution in [3.63, 3.8) is 0 Å². The van der Waals surface area contributed by atoms with Crippen molar-refractivity contribution in [2.45, 2.75) is 27.2 Å². The number of allylic oxidation sites excluding steroid dienone is 6. The van der Waals surface area contributed by atoms with Crippen molar-refractivity contribution < 1.29 is 19.3 Å². The molecule has 1 aliphatic carbocycles. The molecule has 0 saturated carbocycles. The third-order valence-corrected chi connectivity index (χ3v) is 2.78. The van der Waals surface area contributed by atoms with Gasteiger partial charge >= 0.3 is 0 Å². The molecule has 0 aliphatic heterocycles. The Morgan fingerprint density at radius 1 is 1.45 bits per heavy atom. The number of hydrogen-bond acceptors (Lipinski definition) is 4. The molecule has 0 heterocycles. The van der Waals surface area contributed by atoms with Gasteiger partial charge in [-0.3, -0.25) is 0 Å². The zero-order valence-electron chi connectivity index (χ0n) is 11.9. The highest BCUT2D eigenvalue weighted by Crippen LogP contribution is 2.23. The smallest absolute Gasteiger partial charge is 0.208 e. The fourth-order valence-electron chi connectivity index (χ4n) is 1.52. The predicted molar refractivity (Wildman–Crippen MR) is 77.2 cm³/mol. The summed E-state index contributed by atoms with van der Waals surface area (Å²) in [7, 11) is 0. The minimum Gasteiger partial charge on any atom is -0.512 e. The standard InChI is InChI=1S/C15H20FNO3/c1-4-15(17-8-13(16)10(2)3)20-9-11-7-12(18)5-6-14(11)19/h4-6,8,11,18-19H,7,9H2,1-3H3/b15-4-,17-8?. The monoisotopic (exact) mass is 281 g/mol. The molecule has 0 spiro atoms. The molecule has 1 rings (SSSR count). The molecule has 20 heavy (non-hydrogen) atoms. The van der Waals surface area contributed by atoms with E-state index in [1.165, 1.54) is 12.2 Å². The number of nitrogens with zero attached hydrogens (tertiary/aromatic N) is 1. The highest BCUT2D eigenvalue weighted by Gasteiger charge is 2.19. The molecule has 0 amide bonds. The van der Waals surface area contributed by atoms with Crippen molar-refractivity contribution in [1.82, 2.24) is 0 Å². The first-order chi connectivity index (χ1) is 9.43. The van der Waals surface area contributed by atoms with E-state index in [1.807, 2.05) is 0 Å². The predicted octanol–water partition coefficient (Wildman–Crippen LogP) is 4.10. The minimum absolute atomic E-state index is 0.151. The fourth-order valence-corrected chi connectivity index (χ4v) is 1.52. The van der Waals surface area contributed by atoms with Gasteiger partial charge in [0, 0.05) is 6.42 Å². The van der Waals surface area contributed by atoms with Crippen LogP contribution in [0.2, 0.25) is 0 Å². The highest BCUT2D eigenvalue weighted by molar-refractivity contribution is 5.77. The molecule has 0 radical (unpaired) electrons. The van der Waals surface area contributed by atoms with Gasteiger partial charge in [0.25, 0.3) is 0 Å². The summed E-state index contributed by atoms with van der Waals surface area (Å²) in [5, 5.41) is 19.1. The summed E-state index contributed by atoms with van der Waals surface area (Å²) in [5.41, 5.74) is 0.534. The summed E-state index contributed by atoms with van der Waals surface area (Å²) >= 11 is 0. The summed E-state index contributed by atoms with van der Waals surface area (Å²) in [6, 6.07) is 0. The lowest BCUT2D eigenvalue weighted by Crippen LogP contribution is -2.15. The van der Waals surface area contributed by atoms with Crippen LogP contribution in [0.15, 0.2) is 52.0 Å². The van der Waals surface area contributed by atoms with E-state index >= 15 is 0 Å². The van der Waals surface area contributed by atoms with E-state index in [0.717, 1.165) is 6.21 Å². The van der Waals surface area contributed by atoms with E-state index in [4.69, 9.17) is 4.74 Å². The highest BCUT2D eigenvalue weighted by atomic mass is 19.1. The molecule has 0 aromatic carbocycles. The molecule has 1 atom stereocenters. The average Bonchev–Trinajstić information content (AvgIpc) is 2.42. The molecule has 4 nitrogen and oxygen atoms in total. The maximum absolute atomic E-state index is 13.3. The number of halogens is 1. The van der Waals surface area contributed by atoms with Gasteiger partial charge in [-0.15, -0.1) is 0 Å². The van der Waals surface area contributed by atoms with Crippen molar-refractivity contribution in [2.24, 2.45) is 10.9 Å². The molecule has 0 aromatic heterocycles. The molecule has 1 unspecified atom stereocenters. The summed E-state index contributed by atoms with van der Waals surface area (Å²) in [6.45, 7) is 5.18. The van der Waals surface area contributed by atoms with Crippen LogP contribution in [0.25, 0.3) is 0 Å². The Morgan fingerprint density at radius 2 is 2.15 bits per heavy atom. The van der Waals surface area contributed by atoms with Crippen LogP contribution in [0.1, 0.15) is 27.2 Å². The normalized spacial score (nSPS) is 19.6. The van der Waals surface area contributed by atoms with Gasteiger partial charge in [-0.2, -0.15) is 0 Å². The molecule has 0 saturated heterocycles. The molecule has 0 aromatic rings. The SMILES string of the molecule is C/C=C(/N=CC(F)=C(C)C)OCC1CC(O)=CC=C1O. The van der Waals surface area contributed by atoms with Crippen molar-refractivity contribution >= 4 is 6.21 Å². The maximum Gasteiger partial charge on any atom is 0.208 e. The van der Waals surface area contributed by atoms with Gasteiger partial charge < -0.3 is 14.9 Å². The molecule has 0 fully saturated rings. The number of rotatable bonds is 5. The Morgan fingerprint density at radius 3 is 2.75 bits per heavy atom. The molecule has 1 aliphatic rings. The quantitative estimate of drug-likeness (QED) is 0.589. The number of hydrogen-bond donors (Lipinski definition) is 2. The summed E-state index contributed by atoms with van der Waals surface area (Å²) in [4.78, 5) is 3.89. The van der Waals surface area contributed by atoms with Gasteiger partial charge in [0.15, 0.2) is 0 Å². The van der Waals surface area contributed by atoms with Crippen molar-refractivity contribution in [3.05, 3.63) is 47.0 Å². The van der Waals surface area contributed by atoms with E-state index in [9.17, 15) is 14.6 Å². The molecular formula is C15H20FNO3. The van der Waals surface area contributed by atoms with Crippen LogP contribution in [-0.4, -0.2) is 23.0 Å². The second-order valence-corrected chi connectivity index (χ2v) is 4.69. The summed E-state index contributed by atoms with van der Waals surface area (Å²) in [5.74, 6) is -0.120. The zero-order valence-corrected chi connectivity index (χ0v) is 11.9. The van der Waals surface area contributed by atoms with Gasteiger partial charge in [0.2, 0.25) is 5.88 Å². The Bertz CT molecular complexity index is 497. The van der Waals surface area contributed by atoms with Crippen LogP contribution in [0.3, 0.4) is 0 Å². The van der Waals surface area contributed by atoms with E-state index in [2.05, 4.69) is 4.99 Å². The summed E-state index contributed by atoms with van der Waals surface area (Å²) in [6.07, 6.45) is 5.90. The van der Waals surface area contributed by atoms with Crippen molar-refractivity contribution in [1.29, 1.82) is 0 Å². The van der Waals surface area contributed by atoms with E-state index in [1.54, 1.807) is 26.8 Å². The lowest BCUT2D eigenvalue weighted by atomic mass is 9.98. The van der Waals surface area contributed by atoms with Gasteiger partial charge in [-0.25, -0.2) is 9.38 Å². The number of aliphatic hydroxyl groups excluding tert-OH is 2. The van der Waals surface area contributed by atoms with E-state index in [-0.39, 0.29) is 29.9 Å². The largest absolute Gasteiger partial charge is 0.512 e. The topological polar surface area (TPSA) is 62.0 Å². The van der Waals surface area contributed by atoms with Gasteiger partial charge in [0.1, 0.15) is 12.4 Å². The third kappa shape index (κ3) is 4.91. The number of aliphatic imine (C=N–C) groups is 1. The average molecular weight is 281 g/mol.